The van der Waals surface area contributed by atoms with Crippen LogP contribution in [-0.2, 0) is 14.3 Å². The van der Waals surface area contributed by atoms with E-state index >= 15 is 0 Å². The molecule has 8 nitrogen and oxygen atoms in total. The molecule has 8 heteroatoms. The summed E-state index contributed by atoms with van der Waals surface area (Å²) < 4.78 is 5.12. The molecule has 152 valence electrons. The monoisotopic (exact) mass is 397 g/mol. The van der Waals surface area contributed by atoms with Gasteiger partial charge < -0.3 is 20.7 Å². The van der Waals surface area contributed by atoms with Gasteiger partial charge in [0.2, 0.25) is 0 Å². The molecule has 3 amide bonds. The molecule has 0 saturated heterocycles. The fourth-order valence-corrected chi connectivity index (χ4v) is 2.41. The van der Waals surface area contributed by atoms with Crippen molar-refractivity contribution in [1.29, 1.82) is 0 Å². The highest BCUT2D eigenvalue weighted by Crippen LogP contribution is 2.16. The number of carbonyl (C=O) groups excluding carboxylic acids is 4. The first kappa shape index (κ1) is 21.6. The number of anilines is 2. The van der Waals surface area contributed by atoms with Crippen molar-refractivity contribution in [2.24, 2.45) is 0 Å². The normalized spacial score (nSPS) is 12.2. The number of hydrogen-bond acceptors (Lipinski definition) is 5. The van der Waals surface area contributed by atoms with E-state index in [0.29, 0.717) is 16.9 Å². The van der Waals surface area contributed by atoms with E-state index in [2.05, 4.69) is 16.0 Å². The fraction of sp³-hybridized carbons (Fsp3) is 0.238. The first-order chi connectivity index (χ1) is 13.8. The van der Waals surface area contributed by atoms with Crippen molar-refractivity contribution in [2.75, 3.05) is 10.6 Å². The molecule has 0 spiro atoms. The van der Waals surface area contributed by atoms with Gasteiger partial charge in [-0.05, 0) is 45.0 Å². The minimum Gasteiger partial charge on any atom is -0.451 e. The molecule has 0 heterocycles. The lowest BCUT2D eigenvalue weighted by atomic mass is 10.1. The highest BCUT2D eigenvalue weighted by atomic mass is 16.5. The Labute approximate surface area is 168 Å². The molecule has 0 aliphatic heterocycles. The van der Waals surface area contributed by atoms with E-state index in [1.54, 1.807) is 48.5 Å². The first-order valence-corrected chi connectivity index (χ1v) is 9.02. The number of benzene rings is 2. The van der Waals surface area contributed by atoms with Gasteiger partial charge in [0.1, 0.15) is 6.04 Å². The Kier molecular flexibility index (Phi) is 7.47. The van der Waals surface area contributed by atoms with Gasteiger partial charge in [-0.3, -0.25) is 9.59 Å². The standard InChI is InChI=1S/C21H23N3O5/c1-13(22-21(28)23-16-9-5-4-6-10-16)20(27)29-15(3)19(26)24-18-12-8-7-11-17(18)14(2)25/h4-13,15H,1-3H3,(H,24,26)(H2,22,23,28)/t13-,15+/m0/s1. The Bertz CT molecular complexity index is 898. The summed E-state index contributed by atoms with van der Waals surface area (Å²) in [4.78, 5) is 48.1. The van der Waals surface area contributed by atoms with Crippen molar-refractivity contribution in [2.45, 2.75) is 32.9 Å². The highest BCUT2D eigenvalue weighted by molar-refractivity contribution is 6.04. The van der Waals surface area contributed by atoms with Crippen molar-refractivity contribution < 1.29 is 23.9 Å². The summed E-state index contributed by atoms with van der Waals surface area (Å²) >= 11 is 0. The Morgan fingerprint density at radius 3 is 2.14 bits per heavy atom. The number of esters is 1. The van der Waals surface area contributed by atoms with E-state index in [0.717, 1.165) is 0 Å². The van der Waals surface area contributed by atoms with Crippen molar-refractivity contribution in [3.63, 3.8) is 0 Å². The van der Waals surface area contributed by atoms with Crippen LogP contribution in [0, 0.1) is 0 Å². The van der Waals surface area contributed by atoms with Crippen LogP contribution in [0.5, 0.6) is 0 Å². The second-order valence-electron chi connectivity index (χ2n) is 6.36. The molecule has 2 atom stereocenters. The largest absolute Gasteiger partial charge is 0.451 e. The molecule has 29 heavy (non-hydrogen) atoms. The minimum atomic E-state index is -1.12. The maximum Gasteiger partial charge on any atom is 0.329 e. The SMILES string of the molecule is CC(=O)c1ccccc1NC(=O)[C@@H](C)OC(=O)[C@H](C)NC(=O)Nc1ccccc1. The average Bonchev–Trinajstić information content (AvgIpc) is 2.68. The number of amides is 3. The second-order valence-corrected chi connectivity index (χ2v) is 6.36. The number of ether oxygens (including phenoxy) is 1. The van der Waals surface area contributed by atoms with Crippen LogP contribution in [0.4, 0.5) is 16.2 Å². The molecule has 0 aliphatic carbocycles. The molecule has 0 bridgehead atoms. The molecule has 3 N–H and O–H groups in total. The van der Waals surface area contributed by atoms with Crippen molar-refractivity contribution in [3.8, 4) is 0 Å². The van der Waals surface area contributed by atoms with Gasteiger partial charge in [0, 0.05) is 11.3 Å². The number of nitrogens with one attached hydrogen (secondary N) is 3. The number of rotatable bonds is 7. The van der Waals surface area contributed by atoms with Crippen LogP contribution in [-0.4, -0.2) is 35.8 Å². The van der Waals surface area contributed by atoms with Gasteiger partial charge in [-0.1, -0.05) is 30.3 Å². The summed E-state index contributed by atoms with van der Waals surface area (Å²) in [7, 11) is 0. The van der Waals surface area contributed by atoms with Gasteiger partial charge in [0.15, 0.2) is 11.9 Å². The lowest BCUT2D eigenvalue weighted by molar-refractivity contribution is -0.154. The van der Waals surface area contributed by atoms with Gasteiger partial charge >= 0.3 is 12.0 Å². The predicted molar refractivity (Wildman–Crippen MR) is 109 cm³/mol. The summed E-state index contributed by atoms with van der Waals surface area (Å²) in [5.41, 5.74) is 1.26. The number of urea groups is 1. The third-order valence-corrected chi connectivity index (χ3v) is 3.96. The molecule has 2 rings (SSSR count). The molecule has 0 fully saturated rings. The summed E-state index contributed by atoms with van der Waals surface area (Å²) in [6.45, 7) is 4.24. The van der Waals surface area contributed by atoms with Gasteiger partial charge in [0.05, 0.1) is 5.69 Å². The number of carbonyl (C=O) groups is 4. The van der Waals surface area contributed by atoms with Crippen LogP contribution in [0.25, 0.3) is 0 Å². The topological polar surface area (TPSA) is 114 Å². The lowest BCUT2D eigenvalue weighted by Crippen LogP contribution is -2.44. The van der Waals surface area contributed by atoms with E-state index in [-0.39, 0.29) is 5.78 Å². The number of hydrogen-bond donors (Lipinski definition) is 3. The first-order valence-electron chi connectivity index (χ1n) is 9.02. The van der Waals surface area contributed by atoms with Gasteiger partial charge in [-0.2, -0.15) is 0 Å². The fourth-order valence-electron chi connectivity index (χ4n) is 2.41. The molecule has 0 aromatic heterocycles. The van der Waals surface area contributed by atoms with E-state index in [4.69, 9.17) is 4.74 Å². The molecule has 0 unspecified atom stereocenters. The number of Topliss-reactive ketones (excluding diaryl/α,β-unsaturated/α-hetero) is 1. The Morgan fingerprint density at radius 2 is 1.48 bits per heavy atom. The Balaban J connectivity index is 1.88. The molecule has 2 aromatic carbocycles. The van der Waals surface area contributed by atoms with E-state index < -0.39 is 30.1 Å². The highest BCUT2D eigenvalue weighted by Gasteiger charge is 2.24. The Hall–Kier alpha value is -3.68. The van der Waals surface area contributed by atoms with Crippen LogP contribution in [0.15, 0.2) is 54.6 Å². The van der Waals surface area contributed by atoms with Crippen LogP contribution in [0.2, 0.25) is 0 Å². The zero-order chi connectivity index (χ0) is 21.4. The maximum atomic E-state index is 12.3. The third kappa shape index (κ3) is 6.46. The maximum absolute atomic E-state index is 12.3. The van der Waals surface area contributed by atoms with Crippen LogP contribution in [0.1, 0.15) is 31.1 Å². The molecule has 0 aliphatic rings. The zero-order valence-electron chi connectivity index (χ0n) is 16.4. The second kappa shape index (κ2) is 10.0. The summed E-state index contributed by atoms with van der Waals surface area (Å²) in [5.74, 6) is -1.56. The quantitative estimate of drug-likeness (QED) is 0.491. The average molecular weight is 397 g/mol. The number of para-hydroxylation sites is 2. The van der Waals surface area contributed by atoms with Gasteiger partial charge in [0.25, 0.3) is 5.91 Å². The van der Waals surface area contributed by atoms with Crippen molar-refractivity contribution in [1.82, 2.24) is 5.32 Å². The van der Waals surface area contributed by atoms with E-state index in [1.807, 2.05) is 6.07 Å². The van der Waals surface area contributed by atoms with Crippen LogP contribution >= 0.6 is 0 Å². The zero-order valence-corrected chi connectivity index (χ0v) is 16.4. The molecule has 0 radical (unpaired) electrons. The molecular weight excluding hydrogens is 374 g/mol. The lowest BCUT2D eigenvalue weighted by Gasteiger charge is -2.18. The smallest absolute Gasteiger partial charge is 0.329 e. The Morgan fingerprint density at radius 1 is 0.862 bits per heavy atom. The van der Waals surface area contributed by atoms with Crippen molar-refractivity contribution in [3.05, 3.63) is 60.2 Å². The summed E-state index contributed by atoms with van der Waals surface area (Å²) in [6.07, 6.45) is -1.12. The van der Waals surface area contributed by atoms with Crippen LogP contribution < -0.4 is 16.0 Å². The summed E-state index contributed by atoms with van der Waals surface area (Å²) in [5, 5.41) is 7.60. The van der Waals surface area contributed by atoms with Crippen LogP contribution in [0.3, 0.4) is 0 Å². The van der Waals surface area contributed by atoms with E-state index in [1.165, 1.54) is 20.8 Å². The van der Waals surface area contributed by atoms with Gasteiger partial charge in [-0.25, -0.2) is 9.59 Å². The molecular formula is C21H23N3O5. The molecule has 2 aromatic rings. The third-order valence-electron chi connectivity index (χ3n) is 3.96. The number of ketones is 1. The molecule has 0 saturated carbocycles. The predicted octanol–water partition coefficient (Wildman–Crippen LogP) is 2.97. The van der Waals surface area contributed by atoms with E-state index in [9.17, 15) is 19.2 Å². The minimum absolute atomic E-state index is 0.201. The summed E-state index contributed by atoms with van der Waals surface area (Å²) in [6, 6.07) is 13.7. The van der Waals surface area contributed by atoms with Crippen molar-refractivity contribution >= 4 is 35.1 Å². The van der Waals surface area contributed by atoms with Gasteiger partial charge in [-0.15, -0.1) is 0 Å².